The predicted molar refractivity (Wildman–Crippen MR) is 59.7 cm³/mol. The highest BCUT2D eigenvalue weighted by Gasteiger charge is 2.15. The first kappa shape index (κ1) is 14.2. The number of hydrogen-bond donors (Lipinski definition) is 2. The van der Waals surface area contributed by atoms with Crippen molar-refractivity contribution in [1.82, 2.24) is 5.32 Å². The number of amides is 1. The summed E-state index contributed by atoms with van der Waals surface area (Å²) in [6, 6.07) is 0. The van der Waals surface area contributed by atoms with E-state index in [9.17, 15) is 4.79 Å². The van der Waals surface area contributed by atoms with Gasteiger partial charge < -0.3 is 15.2 Å². The number of hydrogen-bond acceptors (Lipinski definition) is 3. The highest BCUT2D eigenvalue weighted by Crippen LogP contribution is 2.07. The number of carbonyl (C=O) groups is 1. The Morgan fingerprint density at radius 2 is 2.07 bits per heavy atom. The highest BCUT2D eigenvalue weighted by atomic mass is 16.6. The molecule has 0 rings (SSSR count). The van der Waals surface area contributed by atoms with Gasteiger partial charge in [-0.3, -0.25) is 0 Å². The van der Waals surface area contributed by atoms with Gasteiger partial charge in [0.25, 0.3) is 0 Å². The Kier molecular flexibility index (Phi) is 6.32. The van der Waals surface area contributed by atoms with Crippen molar-refractivity contribution in [2.75, 3.05) is 13.2 Å². The molecule has 1 amide bonds. The van der Waals surface area contributed by atoms with Crippen LogP contribution in [0.3, 0.4) is 0 Å². The number of nitrogens with one attached hydrogen (secondary N) is 1. The maximum Gasteiger partial charge on any atom is 0.407 e. The molecule has 0 aromatic carbocycles. The van der Waals surface area contributed by atoms with Crippen LogP contribution in [0, 0.1) is 5.92 Å². The molecule has 90 valence electrons. The molecule has 0 heterocycles. The third kappa shape index (κ3) is 9.53. The number of rotatable bonds is 5. The largest absolute Gasteiger partial charge is 0.444 e. The Balaban J connectivity index is 3.48. The Morgan fingerprint density at radius 3 is 2.53 bits per heavy atom. The summed E-state index contributed by atoms with van der Waals surface area (Å²) < 4.78 is 5.07. The Hall–Kier alpha value is -0.770. The zero-order chi connectivity index (χ0) is 11.9. The molecule has 0 radical (unpaired) electrons. The minimum Gasteiger partial charge on any atom is -0.444 e. The maximum atomic E-state index is 11.2. The third-order valence-corrected chi connectivity index (χ3v) is 1.85. The predicted octanol–water partition coefficient (Wildman–Crippen LogP) is 1.92. The summed E-state index contributed by atoms with van der Waals surface area (Å²) in [4.78, 5) is 11.2. The van der Waals surface area contributed by atoms with E-state index in [2.05, 4.69) is 5.32 Å². The molecule has 0 bridgehead atoms. The molecule has 4 heteroatoms. The number of aliphatic hydroxyl groups is 1. The van der Waals surface area contributed by atoms with E-state index in [1.807, 2.05) is 27.7 Å². The summed E-state index contributed by atoms with van der Waals surface area (Å²) in [6.07, 6.45) is 1.40. The second kappa shape index (κ2) is 6.67. The minimum absolute atomic E-state index is 0.201. The minimum atomic E-state index is -0.442. The van der Waals surface area contributed by atoms with Crippen LogP contribution in [-0.2, 0) is 4.74 Å². The van der Waals surface area contributed by atoms with Gasteiger partial charge >= 0.3 is 6.09 Å². The summed E-state index contributed by atoms with van der Waals surface area (Å²) in [5, 5.41) is 11.5. The molecule has 0 aromatic rings. The first-order chi connectivity index (χ1) is 6.85. The van der Waals surface area contributed by atoms with Crippen LogP contribution in [0.4, 0.5) is 4.79 Å². The number of carbonyl (C=O) groups excluding carboxylic acids is 1. The third-order valence-electron chi connectivity index (χ3n) is 1.85. The fraction of sp³-hybridized carbons (Fsp3) is 0.909. The molecule has 0 aliphatic rings. The number of ether oxygens (including phenoxy) is 1. The zero-order valence-corrected chi connectivity index (χ0v) is 10.2. The molecule has 0 aliphatic heterocycles. The van der Waals surface area contributed by atoms with E-state index >= 15 is 0 Å². The monoisotopic (exact) mass is 217 g/mol. The zero-order valence-electron chi connectivity index (χ0n) is 10.2. The lowest BCUT2D eigenvalue weighted by Gasteiger charge is -2.19. The fourth-order valence-corrected chi connectivity index (χ4v) is 1.05. The van der Waals surface area contributed by atoms with Crippen LogP contribution in [0.25, 0.3) is 0 Å². The molecule has 2 N–H and O–H groups in total. The highest BCUT2D eigenvalue weighted by molar-refractivity contribution is 5.67. The van der Waals surface area contributed by atoms with Gasteiger partial charge in [0.1, 0.15) is 5.60 Å². The molecule has 15 heavy (non-hydrogen) atoms. The first-order valence-corrected chi connectivity index (χ1v) is 5.43. The molecular weight excluding hydrogens is 194 g/mol. The second-order valence-corrected chi connectivity index (χ2v) is 4.86. The van der Waals surface area contributed by atoms with Crippen molar-refractivity contribution in [2.45, 2.75) is 46.1 Å². The van der Waals surface area contributed by atoms with Crippen molar-refractivity contribution in [2.24, 2.45) is 5.92 Å². The van der Waals surface area contributed by atoms with E-state index in [0.29, 0.717) is 12.5 Å². The molecule has 0 saturated carbocycles. The molecular formula is C11H23NO3. The smallest absolute Gasteiger partial charge is 0.407 e. The summed E-state index contributed by atoms with van der Waals surface area (Å²) in [5.74, 6) is 0.297. The van der Waals surface area contributed by atoms with Crippen molar-refractivity contribution in [3.05, 3.63) is 0 Å². The van der Waals surface area contributed by atoms with Crippen LogP contribution in [0.5, 0.6) is 0 Å². The molecule has 1 atom stereocenters. The SMILES string of the molecule is C[C@H](CO)CCCNC(=O)OC(C)(C)C. The van der Waals surface area contributed by atoms with E-state index < -0.39 is 5.60 Å². The Morgan fingerprint density at radius 1 is 1.47 bits per heavy atom. The lowest BCUT2D eigenvalue weighted by Crippen LogP contribution is -2.33. The lowest BCUT2D eigenvalue weighted by molar-refractivity contribution is 0.0526. The topological polar surface area (TPSA) is 58.6 Å². The van der Waals surface area contributed by atoms with Crippen LogP contribution in [0.15, 0.2) is 0 Å². The van der Waals surface area contributed by atoms with Crippen molar-refractivity contribution in [3.8, 4) is 0 Å². The summed E-state index contributed by atoms with van der Waals surface area (Å²) >= 11 is 0. The quantitative estimate of drug-likeness (QED) is 0.692. The van der Waals surface area contributed by atoms with Gasteiger partial charge in [-0.2, -0.15) is 0 Å². The van der Waals surface area contributed by atoms with Crippen molar-refractivity contribution in [1.29, 1.82) is 0 Å². The van der Waals surface area contributed by atoms with Crippen molar-refractivity contribution < 1.29 is 14.6 Å². The second-order valence-electron chi connectivity index (χ2n) is 4.86. The van der Waals surface area contributed by atoms with Crippen molar-refractivity contribution >= 4 is 6.09 Å². The summed E-state index contributed by atoms with van der Waals surface area (Å²) in [7, 11) is 0. The van der Waals surface area contributed by atoms with Gasteiger partial charge in [0, 0.05) is 13.2 Å². The van der Waals surface area contributed by atoms with Gasteiger partial charge in [0.2, 0.25) is 0 Å². The average molecular weight is 217 g/mol. The van der Waals surface area contributed by atoms with E-state index in [-0.39, 0.29) is 12.7 Å². The van der Waals surface area contributed by atoms with E-state index in [0.717, 1.165) is 12.8 Å². The van der Waals surface area contributed by atoms with Crippen LogP contribution >= 0.6 is 0 Å². The molecule has 4 nitrogen and oxygen atoms in total. The standard InChI is InChI=1S/C11H23NO3/c1-9(8-13)6-5-7-12-10(14)15-11(2,3)4/h9,13H,5-8H2,1-4H3,(H,12,14)/t9-/m0/s1. The molecule has 0 aliphatic carbocycles. The molecule has 0 spiro atoms. The van der Waals surface area contributed by atoms with Gasteiger partial charge in [-0.15, -0.1) is 0 Å². The molecule has 0 aromatic heterocycles. The number of alkyl carbamates (subject to hydrolysis) is 1. The van der Waals surface area contributed by atoms with Gasteiger partial charge in [0.15, 0.2) is 0 Å². The van der Waals surface area contributed by atoms with Gasteiger partial charge in [-0.1, -0.05) is 6.92 Å². The van der Waals surface area contributed by atoms with E-state index in [1.54, 1.807) is 0 Å². The lowest BCUT2D eigenvalue weighted by atomic mass is 10.1. The molecule has 0 saturated heterocycles. The maximum absolute atomic E-state index is 11.2. The van der Waals surface area contributed by atoms with Crippen LogP contribution < -0.4 is 5.32 Å². The normalized spacial score (nSPS) is 13.4. The van der Waals surface area contributed by atoms with Gasteiger partial charge in [-0.05, 0) is 39.5 Å². The average Bonchev–Trinajstić information content (AvgIpc) is 2.09. The number of aliphatic hydroxyl groups excluding tert-OH is 1. The van der Waals surface area contributed by atoms with E-state index in [1.165, 1.54) is 0 Å². The van der Waals surface area contributed by atoms with Crippen LogP contribution in [-0.4, -0.2) is 30.0 Å². The molecule has 0 unspecified atom stereocenters. The fourth-order valence-electron chi connectivity index (χ4n) is 1.05. The van der Waals surface area contributed by atoms with Gasteiger partial charge in [0.05, 0.1) is 0 Å². The Labute approximate surface area is 92.0 Å². The van der Waals surface area contributed by atoms with Gasteiger partial charge in [-0.25, -0.2) is 4.79 Å². The summed E-state index contributed by atoms with van der Waals surface area (Å²) in [5.41, 5.74) is -0.442. The Bertz CT molecular complexity index is 187. The van der Waals surface area contributed by atoms with Crippen LogP contribution in [0.2, 0.25) is 0 Å². The van der Waals surface area contributed by atoms with Crippen LogP contribution in [0.1, 0.15) is 40.5 Å². The van der Waals surface area contributed by atoms with Crippen molar-refractivity contribution in [3.63, 3.8) is 0 Å². The molecule has 0 fully saturated rings. The van der Waals surface area contributed by atoms with E-state index in [4.69, 9.17) is 9.84 Å². The summed E-state index contributed by atoms with van der Waals surface area (Å²) in [6.45, 7) is 8.28. The first-order valence-electron chi connectivity index (χ1n) is 5.43.